The van der Waals surface area contributed by atoms with Gasteiger partial charge in [-0.1, -0.05) is 32.9 Å². The molecule has 21 heavy (non-hydrogen) atoms. The summed E-state index contributed by atoms with van der Waals surface area (Å²) in [5, 5.41) is 3.63. The largest absolute Gasteiger partial charge is 0.490 e. The predicted molar refractivity (Wildman–Crippen MR) is 86.8 cm³/mol. The Hall–Kier alpha value is -1.06. The van der Waals surface area contributed by atoms with Crippen molar-refractivity contribution < 1.29 is 9.47 Å². The van der Waals surface area contributed by atoms with E-state index in [1.807, 2.05) is 0 Å². The van der Waals surface area contributed by atoms with E-state index in [0.29, 0.717) is 12.0 Å². The van der Waals surface area contributed by atoms with Crippen LogP contribution in [0.2, 0.25) is 0 Å². The number of hydrogen-bond acceptors (Lipinski definition) is 3. The van der Waals surface area contributed by atoms with Crippen LogP contribution in [0.25, 0.3) is 0 Å². The summed E-state index contributed by atoms with van der Waals surface area (Å²) in [5.41, 5.74) is 1.25. The molecule has 1 N–H and O–H groups in total. The fourth-order valence-electron chi connectivity index (χ4n) is 2.68. The van der Waals surface area contributed by atoms with E-state index in [2.05, 4.69) is 50.4 Å². The van der Waals surface area contributed by atoms with Gasteiger partial charge in [0, 0.05) is 7.11 Å². The molecule has 2 unspecified atom stereocenters. The van der Waals surface area contributed by atoms with Crippen LogP contribution in [0.5, 0.6) is 5.75 Å². The molecule has 0 spiro atoms. The Bertz CT molecular complexity index is 429. The average molecular weight is 291 g/mol. The van der Waals surface area contributed by atoms with E-state index >= 15 is 0 Å². The molecule has 0 amide bonds. The Morgan fingerprint density at radius 3 is 2.62 bits per heavy atom. The first-order chi connectivity index (χ1) is 10.2. The Balaban J connectivity index is 2.17. The van der Waals surface area contributed by atoms with Crippen LogP contribution >= 0.6 is 0 Å². The lowest BCUT2D eigenvalue weighted by Gasteiger charge is -2.30. The quantitative estimate of drug-likeness (QED) is 0.747. The number of benzene rings is 1. The lowest BCUT2D eigenvalue weighted by Crippen LogP contribution is -2.37. The molecule has 2 atom stereocenters. The van der Waals surface area contributed by atoms with Gasteiger partial charge in [-0.15, -0.1) is 0 Å². The molecule has 0 radical (unpaired) electrons. The molecule has 0 aromatic heterocycles. The van der Waals surface area contributed by atoms with Crippen molar-refractivity contribution in [2.24, 2.45) is 5.92 Å². The van der Waals surface area contributed by atoms with Gasteiger partial charge < -0.3 is 14.8 Å². The van der Waals surface area contributed by atoms with Crippen LogP contribution in [0.3, 0.4) is 0 Å². The minimum Gasteiger partial charge on any atom is -0.490 e. The molecule has 0 aliphatic heterocycles. The van der Waals surface area contributed by atoms with Crippen LogP contribution in [0.4, 0.5) is 0 Å². The highest BCUT2D eigenvalue weighted by Gasteiger charge is 2.27. The molecule has 1 aromatic rings. The standard InChI is InChI=1S/C18H29NO2/c1-5-11-19-17(18(20-4)13(2)3)14-7-6-8-16(12-14)21-15-9-10-15/h6-8,12-13,15,17-19H,5,9-11H2,1-4H3. The van der Waals surface area contributed by atoms with E-state index in [1.165, 1.54) is 18.4 Å². The van der Waals surface area contributed by atoms with Crippen molar-refractivity contribution in [1.82, 2.24) is 5.32 Å². The van der Waals surface area contributed by atoms with Gasteiger partial charge in [0.05, 0.1) is 18.2 Å². The lowest BCUT2D eigenvalue weighted by molar-refractivity contribution is 0.0326. The van der Waals surface area contributed by atoms with E-state index in [4.69, 9.17) is 9.47 Å². The normalized spacial score (nSPS) is 17.8. The van der Waals surface area contributed by atoms with Gasteiger partial charge in [-0.05, 0) is 49.4 Å². The van der Waals surface area contributed by atoms with Crippen molar-refractivity contribution in [3.8, 4) is 5.75 Å². The first-order valence-corrected chi connectivity index (χ1v) is 8.18. The van der Waals surface area contributed by atoms with Crippen LogP contribution in [0.1, 0.15) is 51.6 Å². The number of hydrogen-bond donors (Lipinski definition) is 1. The van der Waals surface area contributed by atoms with E-state index in [1.54, 1.807) is 7.11 Å². The molecule has 0 heterocycles. The predicted octanol–water partition coefficient (Wildman–Crippen LogP) is 3.94. The molecule has 1 saturated carbocycles. The minimum absolute atomic E-state index is 0.160. The molecule has 1 aromatic carbocycles. The summed E-state index contributed by atoms with van der Waals surface area (Å²) >= 11 is 0. The van der Waals surface area contributed by atoms with Gasteiger partial charge in [0.15, 0.2) is 0 Å². The maximum absolute atomic E-state index is 5.93. The Labute approximate surface area is 129 Å². The van der Waals surface area contributed by atoms with Gasteiger partial charge in [0.1, 0.15) is 5.75 Å². The molecule has 3 heteroatoms. The third kappa shape index (κ3) is 4.72. The van der Waals surface area contributed by atoms with Gasteiger partial charge in [-0.2, -0.15) is 0 Å². The highest BCUT2D eigenvalue weighted by molar-refractivity contribution is 5.32. The Morgan fingerprint density at radius 1 is 1.29 bits per heavy atom. The SMILES string of the molecule is CCCNC(c1cccc(OC2CC2)c1)C(OC)C(C)C. The summed E-state index contributed by atoms with van der Waals surface area (Å²) in [7, 11) is 1.80. The highest BCUT2D eigenvalue weighted by Crippen LogP contribution is 2.30. The molecule has 118 valence electrons. The van der Waals surface area contributed by atoms with Gasteiger partial charge >= 0.3 is 0 Å². The Kier molecular flexibility index (Phi) is 6.07. The van der Waals surface area contributed by atoms with Crippen molar-refractivity contribution in [2.75, 3.05) is 13.7 Å². The summed E-state index contributed by atoms with van der Waals surface area (Å²) in [6, 6.07) is 8.68. The second kappa shape index (κ2) is 7.81. The van der Waals surface area contributed by atoms with Gasteiger partial charge in [0.25, 0.3) is 0 Å². The van der Waals surface area contributed by atoms with Crippen molar-refractivity contribution in [3.05, 3.63) is 29.8 Å². The van der Waals surface area contributed by atoms with Crippen molar-refractivity contribution in [2.45, 2.75) is 58.3 Å². The number of ether oxygens (including phenoxy) is 2. The maximum atomic E-state index is 5.93. The minimum atomic E-state index is 0.160. The fourth-order valence-corrected chi connectivity index (χ4v) is 2.68. The molecule has 1 aliphatic rings. The first-order valence-electron chi connectivity index (χ1n) is 8.18. The van der Waals surface area contributed by atoms with Crippen LogP contribution in [0, 0.1) is 5.92 Å². The van der Waals surface area contributed by atoms with Gasteiger partial charge in [-0.3, -0.25) is 0 Å². The Morgan fingerprint density at radius 2 is 2.05 bits per heavy atom. The lowest BCUT2D eigenvalue weighted by atomic mass is 9.93. The first kappa shape index (κ1) is 16.3. The van der Waals surface area contributed by atoms with Crippen LogP contribution in [-0.4, -0.2) is 25.9 Å². The summed E-state index contributed by atoms with van der Waals surface area (Å²) in [6.45, 7) is 7.59. The maximum Gasteiger partial charge on any atom is 0.120 e. The zero-order chi connectivity index (χ0) is 15.2. The summed E-state index contributed by atoms with van der Waals surface area (Å²) in [6.07, 6.45) is 4.09. The van der Waals surface area contributed by atoms with Gasteiger partial charge in [-0.25, -0.2) is 0 Å². The van der Waals surface area contributed by atoms with Crippen LogP contribution < -0.4 is 10.1 Å². The van der Waals surface area contributed by atoms with Crippen molar-refractivity contribution in [3.63, 3.8) is 0 Å². The second-order valence-electron chi connectivity index (χ2n) is 6.27. The molecule has 0 saturated heterocycles. The van der Waals surface area contributed by atoms with E-state index in [0.717, 1.165) is 18.7 Å². The van der Waals surface area contributed by atoms with E-state index in [9.17, 15) is 0 Å². The zero-order valence-electron chi connectivity index (χ0n) is 13.8. The summed E-state index contributed by atoms with van der Waals surface area (Å²) < 4.78 is 11.7. The topological polar surface area (TPSA) is 30.5 Å². The molecule has 2 rings (SSSR count). The summed E-state index contributed by atoms with van der Waals surface area (Å²) in [4.78, 5) is 0. The van der Waals surface area contributed by atoms with Crippen molar-refractivity contribution in [1.29, 1.82) is 0 Å². The molecular formula is C18H29NO2. The molecule has 1 fully saturated rings. The number of rotatable bonds is 9. The molecular weight excluding hydrogens is 262 g/mol. The average Bonchev–Trinajstić information content (AvgIpc) is 3.27. The second-order valence-corrected chi connectivity index (χ2v) is 6.27. The molecule has 1 aliphatic carbocycles. The van der Waals surface area contributed by atoms with Crippen molar-refractivity contribution >= 4 is 0 Å². The van der Waals surface area contributed by atoms with Gasteiger partial charge in [0.2, 0.25) is 0 Å². The third-order valence-corrected chi connectivity index (χ3v) is 3.92. The smallest absolute Gasteiger partial charge is 0.120 e. The van der Waals surface area contributed by atoms with Crippen LogP contribution in [-0.2, 0) is 4.74 Å². The number of nitrogens with one attached hydrogen (secondary N) is 1. The summed E-state index contributed by atoms with van der Waals surface area (Å²) in [5.74, 6) is 1.44. The zero-order valence-corrected chi connectivity index (χ0v) is 13.8. The molecule has 3 nitrogen and oxygen atoms in total. The highest BCUT2D eigenvalue weighted by atomic mass is 16.5. The third-order valence-electron chi connectivity index (χ3n) is 3.92. The number of methoxy groups -OCH3 is 1. The van der Waals surface area contributed by atoms with E-state index in [-0.39, 0.29) is 12.1 Å². The fraction of sp³-hybridized carbons (Fsp3) is 0.667. The monoisotopic (exact) mass is 291 g/mol. The van der Waals surface area contributed by atoms with E-state index < -0.39 is 0 Å². The van der Waals surface area contributed by atoms with Crippen LogP contribution in [0.15, 0.2) is 24.3 Å². The molecule has 0 bridgehead atoms.